The molecule has 0 aliphatic carbocycles. The molecule has 0 fully saturated rings. The summed E-state index contributed by atoms with van der Waals surface area (Å²) in [4.78, 5) is 4.63. The van der Waals surface area contributed by atoms with E-state index in [4.69, 9.17) is 0 Å². The Morgan fingerprint density at radius 1 is 0.509 bits per heavy atom. The minimum atomic E-state index is 0.201. The summed E-state index contributed by atoms with van der Waals surface area (Å²) in [6, 6.07) is 56.7. The number of allylic oxidation sites excluding steroid dienone is 3. The smallest absolute Gasteiger partial charge is 0.0695 e. The van der Waals surface area contributed by atoms with Gasteiger partial charge < -0.3 is 9.88 Å². The average Bonchev–Trinajstić information content (AvgIpc) is 3.60. The number of rotatable bonds is 5. The minimum Gasteiger partial charge on any atom is -0.381 e. The van der Waals surface area contributed by atoms with Crippen LogP contribution in [-0.4, -0.2) is 10.8 Å². The van der Waals surface area contributed by atoms with Crippen LogP contribution < -0.4 is 5.32 Å². The van der Waals surface area contributed by atoms with E-state index in [1.54, 1.807) is 0 Å². The maximum absolute atomic E-state index is 4.63. The van der Waals surface area contributed by atoms with Gasteiger partial charge in [0.2, 0.25) is 0 Å². The van der Waals surface area contributed by atoms with Crippen LogP contribution in [0.15, 0.2) is 187 Å². The lowest BCUT2D eigenvalue weighted by atomic mass is 9.96. The molecule has 11 rings (SSSR count). The van der Waals surface area contributed by atoms with Crippen LogP contribution in [0.3, 0.4) is 0 Å². The molecule has 0 spiro atoms. The Hall–Kier alpha value is -6.97. The highest BCUT2D eigenvalue weighted by molar-refractivity contribution is 6.19. The molecule has 9 aromatic rings. The molecule has 3 heteroatoms. The van der Waals surface area contributed by atoms with Crippen molar-refractivity contribution in [1.82, 2.24) is 9.88 Å². The van der Waals surface area contributed by atoms with E-state index in [9.17, 15) is 0 Å². The Balaban J connectivity index is 1.01. The molecule has 2 aliphatic heterocycles. The van der Waals surface area contributed by atoms with Crippen molar-refractivity contribution in [1.29, 1.82) is 0 Å². The molecular formula is C52H37N3. The molecule has 3 nitrogen and oxygen atoms in total. The second kappa shape index (κ2) is 12.9. The normalized spacial score (nSPS) is 15.3. The van der Waals surface area contributed by atoms with E-state index < -0.39 is 0 Å². The number of aliphatic imine (C=N–C) groups is 1. The van der Waals surface area contributed by atoms with E-state index in [-0.39, 0.29) is 6.04 Å². The molecule has 55 heavy (non-hydrogen) atoms. The van der Waals surface area contributed by atoms with Crippen molar-refractivity contribution in [2.45, 2.75) is 18.9 Å². The Bertz CT molecular complexity index is 3120. The number of aromatic nitrogens is 1. The van der Waals surface area contributed by atoms with Crippen molar-refractivity contribution in [2.24, 2.45) is 4.99 Å². The fourth-order valence-electron chi connectivity index (χ4n) is 8.62. The van der Waals surface area contributed by atoms with Crippen LogP contribution in [0.25, 0.3) is 87.8 Å². The molecule has 0 saturated carbocycles. The topological polar surface area (TPSA) is 29.3 Å². The first-order valence-electron chi connectivity index (χ1n) is 19.2. The second-order valence-corrected chi connectivity index (χ2v) is 14.8. The molecule has 1 N–H and O–H groups in total. The zero-order chi connectivity index (χ0) is 36.3. The maximum atomic E-state index is 4.63. The molecule has 1 unspecified atom stereocenters. The number of hydrogen-bond donors (Lipinski definition) is 1. The molecule has 3 heterocycles. The Morgan fingerprint density at radius 2 is 1.13 bits per heavy atom. The van der Waals surface area contributed by atoms with E-state index >= 15 is 0 Å². The van der Waals surface area contributed by atoms with Crippen molar-refractivity contribution in [3.63, 3.8) is 0 Å². The summed E-state index contributed by atoms with van der Waals surface area (Å²) in [5.74, 6) is 0. The molecule has 0 bridgehead atoms. The summed E-state index contributed by atoms with van der Waals surface area (Å²) in [6.07, 6.45) is 14.7. The van der Waals surface area contributed by atoms with Gasteiger partial charge in [-0.1, -0.05) is 121 Å². The quantitative estimate of drug-likeness (QED) is 0.190. The predicted octanol–water partition coefficient (Wildman–Crippen LogP) is 13.5. The number of dihydropyridines is 1. The summed E-state index contributed by atoms with van der Waals surface area (Å²) in [5, 5.41) is 13.4. The number of benzene rings is 8. The maximum Gasteiger partial charge on any atom is 0.0695 e. The Labute approximate surface area is 319 Å². The third-order valence-corrected chi connectivity index (χ3v) is 11.4. The molecule has 0 saturated heterocycles. The summed E-state index contributed by atoms with van der Waals surface area (Å²) < 4.78 is 2.46. The number of nitrogens with one attached hydrogen (secondary N) is 1. The van der Waals surface area contributed by atoms with Crippen molar-refractivity contribution >= 4 is 66.0 Å². The summed E-state index contributed by atoms with van der Waals surface area (Å²) in [7, 11) is 0. The Kier molecular flexibility index (Phi) is 7.38. The molecule has 0 radical (unpaired) electrons. The van der Waals surface area contributed by atoms with Crippen molar-refractivity contribution in [2.75, 3.05) is 0 Å². The number of hydrogen-bond acceptors (Lipinski definition) is 2. The molecule has 1 atom stereocenters. The first-order valence-corrected chi connectivity index (χ1v) is 19.2. The fourth-order valence-corrected chi connectivity index (χ4v) is 8.62. The van der Waals surface area contributed by atoms with Crippen LogP contribution in [-0.2, 0) is 0 Å². The van der Waals surface area contributed by atoms with Gasteiger partial charge in [-0.15, -0.1) is 0 Å². The van der Waals surface area contributed by atoms with Crippen molar-refractivity contribution < 1.29 is 0 Å². The third-order valence-electron chi connectivity index (χ3n) is 11.4. The van der Waals surface area contributed by atoms with Gasteiger partial charge in [-0.25, -0.2) is 0 Å². The molecule has 260 valence electrons. The molecule has 8 aromatic carbocycles. The highest BCUT2D eigenvalue weighted by Gasteiger charge is 2.17. The van der Waals surface area contributed by atoms with Crippen molar-refractivity contribution in [3.05, 3.63) is 193 Å². The first-order chi connectivity index (χ1) is 27.2. The number of fused-ring (bicyclic) bond motifs is 7. The van der Waals surface area contributed by atoms with Gasteiger partial charge in [0.1, 0.15) is 0 Å². The second-order valence-electron chi connectivity index (χ2n) is 14.8. The van der Waals surface area contributed by atoms with E-state index in [2.05, 4.69) is 185 Å². The van der Waals surface area contributed by atoms with Gasteiger partial charge in [-0.05, 0) is 128 Å². The van der Waals surface area contributed by atoms with Crippen molar-refractivity contribution in [3.8, 4) is 27.9 Å². The van der Waals surface area contributed by atoms with Crippen LogP contribution >= 0.6 is 0 Å². The number of para-hydroxylation sites is 1. The van der Waals surface area contributed by atoms with E-state index in [1.807, 2.05) is 18.5 Å². The zero-order valence-corrected chi connectivity index (χ0v) is 30.3. The molecular weight excluding hydrogens is 667 g/mol. The van der Waals surface area contributed by atoms with Crippen LogP contribution in [0.5, 0.6) is 0 Å². The zero-order valence-electron chi connectivity index (χ0n) is 30.3. The van der Waals surface area contributed by atoms with Gasteiger partial charge in [0.15, 0.2) is 0 Å². The highest BCUT2D eigenvalue weighted by atomic mass is 15.0. The minimum absolute atomic E-state index is 0.201. The predicted molar refractivity (Wildman–Crippen MR) is 234 cm³/mol. The SMILES string of the molecule is C1=CNC(c2ccc3cc(-c4ccc5c6ccc7cc(-c8ccc9cc(C%10=CCCC=N%10)ccc9c8)ccc7c6n(-c6ccccc6)c5c4)ccc3c2)C=C1. The molecule has 0 amide bonds. The van der Waals surface area contributed by atoms with Gasteiger partial charge in [0.25, 0.3) is 0 Å². The summed E-state index contributed by atoms with van der Waals surface area (Å²) in [5.41, 5.74) is 12.0. The lowest BCUT2D eigenvalue weighted by molar-refractivity contribution is 0.747. The van der Waals surface area contributed by atoms with Gasteiger partial charge in [0.05, 0.1) is 22.8 Å². The number of nitrogens with zero attached hydrogens (tertiary/aromatic N) is 2. The van der Waals surface area contributed by atoms with Crippen LogP contribution in [0.1, 0.15) is 30.0 Å². The standard InChI is InChI=1S/C52H37N3/c1-2-8-45(9-3-1)55-51-33-41(37-13-15-39-32-44(19-17-36(39)29-37)50-11-5-7-27-54-50)21-24-47(51)48-25-22-42-30-40(20-23-46(42)52(48)55)34-12-14-38-31-43(18-16-35(38)28-34)49-10-4-6-26-53-49/h1-3,5,7-33,50,54H,4,6H2. The van der Waals surface area contributed by atoms with E-state index in [1.165, 1.54) is 87.5 Å². The van der Waals surface area contributed by atoms with E-state index in [0.29, 0.717) is 0 Å². The van der Waals surface area contributed by atoms with E-state index in [0.717, 1.165) is 24.2 Å². The molecule has 1 aromatic heterocycles. The van der Waals surface area contributed by atoms with Gasteiger partial charge >= 0.3 is 0 Å². The first kappa shape index (κ1) is 31.5. The highest BCUT2D eigenvalue weighted by Crippen LogP contribution is 2.40. The van der Waals surface area contributed by atoms with Gasteiger partial charge in [-0.2, -0.15) is 0 Å². The summed E-state index contributed by atoms with van der Waals surface area (Å²) in [6.45, 7) is 0. The lowest BCUT2D eigenvalue weighted by Gasteiger charge is -2.17. The lowest BCUT2D eigenvalue weighted by Crippen LogP contribution is -2.14. The fraction of sp³-hybridized carbons (Fsp3) is 0.0577. The van der Waals surface area contributed by atoms with Crippen LogP contribution in [0.2, 0.25) is 0 Å². The largest absolute Gasteiger partial charge is 0.381 e. The van der Waals surface area contributed by atoms with Crippen LogP contribution in [0.4, 0.5) is 0 Å². The van der Waals surface area contributed by atoms with Gasteiger partial charge in [-0.3, -0.25) is 4.99 Å². The van der Waals surface area contributed by atoms with Crippen LogP contribution in [0, 0.1) is 0 Å². The summed E-state index contributed by atoms with van der Waals surface area (Å²) >= 11 is 0. The average molecular weight is 704 g/mol. The van der Waals surface area contributed by atoms with Gasteiger partial charge in [0, 0.05) is 33.6 Å². The third kappa shape index (κ3) is 5.47. The monoisotopic (exact) mass is 703 g/mol. The Morgan fingerprint density at radius 3 is 1.85 bits per heavy atom. The molecule has 2 aliphatic rings.